The van der Waals surface area contributed by atoms with Gasteiger partial charge >= 0.3 is 0 Å². The van der Waals surface area contributed by atoms with Crippen molar-refractivity contribution in [1.29, 1.82) is 0 Å². The number of nitrogens with zero attached hydrogens (tertiary/aromatic N) is 1. The first kappa shape index (κ1) is 12.8. The minimum Gasteiger partial charge on any atom is -0.384 e. The lowest BCUT2D eigenvalue weighted by Gasteiger charge is -2.07. The summed E-state index contributed by atoms with van der Waals surface area (Å²) in [6.07, 6.45) is 2.91. The summed E-state index contributed by atoms with van der Waals surface area (Å²) in [6.45, 7) is 3.21. The van der Waals surface area contributed by atoms with Crippen LogP contribution in [0.2, 0.25) is 0 Å². The van der Waals surface area contributed by atoms with Crippen LogP contribution in [0.3, 0.4) is 0 Å². The number of hydrogen-bond donors (Lipinski definition) is 2. The summed E-state index contributed by atoms with van der Waals surface area (Å²) in [6, 6.07) is 3.66. The van der Waals surface area contributed by atoms with E-state index in [-0.39, 0.29) is 5.75 Å². The summed E-state index contributed by atoms with van der Waals surface area (Å²) in [5.74, 6) is 0.915. The van der Waals surface area contributed by atoms with Crippen molar-refractivity contribution in [2.24, 2.45) is 0 Å². The summed E-state index contributed by atoms with van der Waals surface area (Å²) in [5.41, 5.74) is 0.870. The lowest BCUT2D eigenvalue weighted by atomic mass is 10.4. The van der Waals surface area contributed by atoms with Gasteiger partial charge in [-0.1, -0.05) is 0 Å². The molecule has 0 spiro atoms. The van der Waals surface area contributed by atoms with Gasteiger partial charge in [0.25, 0.3) is 0 Å². The van der Waals surface area contributed by atoms with E-state index in [0.29, 0.717) is 6.54 Å². The molecule has 0 saturated heterocycles. The van der Waals surface area contributed by atoms with Gasteiger partial charge in [-0.25, -0.2) is 13.4 Å². The quantitative estimate of drug-likeness (QED) is 0.779. The Labute approximate surface area is 96.2 Å². The second-order valence-electron chi connectivity index (χ2n) is 3.52. The molecule has 2 N–H and O–H groups in total. The lowest BCUT2D eigenvalue weighted by Crippen LogP contribution is -2.14. The largest absolute Gasteiger partial charge is 0.384 e. The van der Waals surface area contributed by atoms with Crippen LogP contribution >= 0.6 is 0 Å². The zero-order valence-corrected chi connectivity index (χ0v) is 10.3. The molecule has 0 amide bonds. The van der Waals surface area contributed by atoms with Gasteiger partial charge < -0.3 is 10.6 Å². The summed E-state index contributed by atoms with van der Waals surface area (Å²) >= 11 is 0. The maximum atomic E-state index is 10.9. The van der Waals surface area contributed by atoms with Gasteiger partial charge in [-0.05, 0) is 13.0 Å². The van der Waals surface area contributed by atoms with Crippen molar-refractivity contribution in [3.05, 3.63) is 18.3 Å². The molecule has 0 aliphatic rings. The van der Waals surface area contributed by atoms with Crippen LogP contribution < -0.4 is 10.6 Å². The molecule has 0 saturated carbocycles. The predicted molar refractivity (Wildman–Crippen MR) is 66.6 cm³/mol. The van der Waals surface area contributed by atoms with Gasteiger partial charge in [0.2, 0.25) is 0 Å². The van der Waals surface area contributed by atoms with Gasteiger partial charge in [-0.15, -0.1) is 0 Å². The zero-order valence-electron chi connectivity index (χ0n) is 9.53. The molecular formula is C10H17N3O2S. The normalized spacial score (nSPS) is 11.1. The van der Waals surface area contributed by atoms with E-state index in [4.69, 9.17) is 0 Å². The smallest absolute Gasteiger partial charge is 0.149 e. The van der Waals surface area contributed by atoms with Crippen LogP contribution in [-0.4, -0.2) is 38.5 Å². The molecule has 1 heterocycles. The molecule has 0 bridgehead atoms. The average molecular weight is 243 g/mol. The molecule has 1 aromatic rings. The fourth-order valence-corrected chi connectivity index (χ4v) is 1.67. The number of pyridine rings is 1. The fraction of sp³-hybridized carbons (Fsp3) is 0.500. The van der Waals surface area contributed by atoms with Crippen molar-refractivity contribution >= 4 is 21.3 Å². The number of anilines is 2. The highest BCUT2D eigenvalue weighted by molar-refractivity contribution is 7.90. The topological polar surface area (TPSA) is 71.1 Å². The Morgan fingerprint density at radius 1 is 1.38 bits per heavy atom. The molecule has 0 unspecified atom stereocenters. The van der Waals surface area contributed by atoms with Crippen molar-refractivity contribution in [3.63, 3.8) is 0 Å². The molecule has 0 radical (unpaired) electrons. The predicted octanol–water partition coefficient (Wildman–Crippen LogP) is 0.970. The molecule has 0 aromatic carbocycles. The van der Waals surface area contributed by atoms with Crippen LogP contribution in [0, 0.1) is 0 Å². The zero-order chi connectivity index (χ0) is 12.0. The average Bonchev–Trinajstić information content (AvgIpc) is 2.17. The highest BCUT2D eigenvalue weighted by Gasteiger charge is 2.01. The van der Waals surface area contributed by atoms with E-state index < -0.39 is 9.84 Å². The van der Waals surface area contributed by atoms with Crippen LogP contribution in [0.1, 0.15) is 6.92 Å². The summed E-state index contributed by atoms with van der Waals surface area (Å²) in [5, 5.41) is 6.13. The maximum Gasteiger partial charge on any atom is 0.149 e. The first-order chi connectivity index (χ1) is 7.51. The molecule has 1 rings (SSSR count). The van der Waals surface area contributed by atoms with Crippen LogP contribution in [0.5, 0.6) is 0 Å². The lowest BCUT2D eigenvalue weighted by molar-refractivity contribution is 0.602. The minimum absolute atomic E-state index is 0.131. The maximum absolute atomic E-state index is 10.9. The summed E-state index contributed by atoms with van der Waals surface area (Å²) in [4.78, 5) is 4.12. The Hall–Kier alpha value is -1.30. The molecule has 0 aliphatic carbocycles. The van der Waals surface area contributed by atoms with Crippen molar-refractivity contribution in [2.45, 2.75) is 6.92 Å². The van der Waals surface area contributed by atoms with E-state index in [9.17, 15) is 8.42 Å². The SMILES string of the molecule is CCNc1cc(NCCS(C)(=O)=O)ccn1. The van der Waals surface area contributed by atoms with E-state index in [1.807, 2.05) is 19.1 Å². The summed E-state index contributed by atoms with van der Waals surface area (Å²) in [7, 11) is -2.91. The summed E-state index contributed by atoms with van der Waals surface area (Å²) < 4.78 is 21.9. The van der Waals surface area contributed by atoms with Crippen molar-refractivity contribution in [2.75, 3.05) is 35.7 Å². The van der Waals surface area contributed by atoms with E-state index in [0.717, 1.165) is 18.1 Å². The van der Waals surface area contributed by atoms with Crippen molar-refractivity contribution in [1.82, 2.24) is 4.98 Å². The first-order valence-corrected chi connectivity index (χ1v) is 7.19. The first-order valence-electron chi connectivity index (χ1n) is 5.13. The molecular weight excluding hydrogens is 226 g/mol. The van der Waals surface area contributed by atoms with E-state index in [2.05, 4.69) is 15.6 Å². The van der Waals surface area contributed by atoms with Crippen LogP contribution in [0.25, 0.3) is 0 Å². The Balaban J connectivity index is 2.51. The highest BCUT2D eigenvalue weighted by Crippen LogP contribution is 2.11. The van der Waals surface area contributed by atoms with Gasteiger partial charge in [-0.3, -0.25) is 0 Å². The molecule has 0 aliphatic heterocycles. The third kappa shape index (κ3) is 4.97. The minimum atomic E-state index is -2.91. The molecule has 6 heteroatoms. The number of rotatable bonds is 6. The van der Waals surface area contributed by atoms with Gasteiger partial charge in [0, 0.05) is 37.3 Å². The third-order valence-corrected chi connectivity index (χ3v) is 2.87. The second kappa shape index (κ2) is 5.69. The number of aromatic nitrogens is 1. The molecule has 1 aromatic heterocycles. The van der Waals surface area contributed by atoms with Gasteiger partial charge in [-0.2, -0.15) is 0 Å². The number of sulfone groups is 1. The standard InChI is InChI=1S/C10H17N3O2S/c1-3-11-10-8-9(4-5-13-10)12-6-7-16(2,14)15/h4-5,8H,3,6-7H2,1-2H3,(H2,11,12,13). The van der Waals surface area contributed by atoms with Crippen molar-refractivity contribution in [3.8, 4) is 0 Å². The van der Waals surface area contributed by atoms with E-state index >= 15 is 0 Å². The van der Waals surface area contributed by atoms with Gasteiger partial charge in [0.05, 0.1) is 5.75 Å². The van der Waals surface area contributed by atoms with Crippen LogP contribution in [0.4, 0.5) is 11.5 Å². The molecule has 0 fully saturated rings. The van der Waals surface area contributed by atoms with Gasteiger partial charge in [0.1, 0.15) is 15.7 Å². The molecule has 5 nitrogen and oxygen atoms in total. The molecule has 90 valence electrons. The van der Waals surface area contributed by atoms with Crippen LogP contribution in [0.15, 0.2) is 18.3 Å². The number of nitrogens with one attached hydrogen (secondary N) is 2. The fourth-order valence-electron chi connectivity index (χ4n) is 1.20. The Bertz CT molecular complexity index is 431. The highest BCUT2D eigenvalue weighted by atomic mass is 32.2. The van der Waals surface area contributed by atoms with Crippen molar-refractivity contribution < 1.29 is 8.42 Å². The Morgan fingerprint density at radius 2 is 2.12 bits per heavy atom. The number of hydrogen-bond acceptors (Lipinski definition) is 5. The van der Waals surface area contributed by atoms with E-state index in [1.165, 1.54) is 6.26 Å². The molecule has 16 heavy (non-hydrogen) atoms. The second-order valence-corrected chi connectivity index (χ2v) is 5.78. The monoisotopic (exact) mass is 243 g/mol. The third-order valence-electron chi connectivity index (χ3n) is 1.92. The van der Waals surface area contributed by atoms with E-state index in [1.54, 1.807) is 6.20 Å². The van der Waals surface area contributed by atoms with Gasteiger partial charge in [0.15, 0.2) is 0 Å². The Morgan fingerprint density at radius 3 is 2.75 bits per heavy atom. The molecule has 0 atom stereocenters. The Kier molecular flexibility index (Phi) is 4.54. The van der Waals surface area contributed by atoms with Crippen LogP contribution in [-0.2, 0) is 9.84 Å².